The predicted molar refractivity (Wildman–Crippen MR) is 77.0 cm³/mol. The van der Waals surface area contributed by atoms with Gasteiger partial charge in [0.25, 0.3) is 0 Å². The molecule has 4 heteroatoms. The molecule has 3 N–H and O–H groups in total. The SMILES string of the molecule is CCc1ccc(C(N)CNC(=O)OC(C)(C)C)cc1. The maximum Gasteiger partial charge on any atom is 0.407 e. The molecule has 0 radical (unpaired) electrons. The Bertz CT molecular complexity index is 407. The minimum atomic E-state index is -0.489. The highest BCUT2D eigenvalue weighted by atomic mass is 16.6. The van der Waals surface area contributed by atoms with Crippen molar-refractivity contribution in [2.24, 2.45) is 5.73 Å². The fraction of sp³-hybridized carbons (Fsp3) is 0.533. The Morgan fingerprint density at radius 2 is 1.89 bits per heavy atom. The molecular weight excluding hydrogens is 240 g/mol. The summed E-state index contributed by atoms with van der Waals surface area (Å²) in [5.41, 5.74) is 7.82. The van der Waals surface area contributed by atoms with E-state index in [1.807, 2.05) is 32.9 Å². The molecule has 19 heavy (non-hydrogen) atoms. The van der Waals surface area contributed by atoms with Gasteiger partial charge in [-0.3, -0.25) is 0 Å². The van der Waals surface area contributed by atoms with Crippen LogP contribution in [0.5, 0.6) is 0 Å². The number of hydrogen-bond acceptors (Lipinski definition) is 3. The molecule has 0 fully saturated rings. The van der Waals surface area contributed by atoms with Gasteiger partial charge in [-0.1, -0.05) is 31.2 Å². The average molecular weight is 264 g/mol. The lowest BCUT2D eigenvalue weighted by Gasteiger charge is -2.21. The number of rotatable bonds is 4. The smallest absolute Gasteiger partial charge is 0.407 e. The molecule has 0 spiro atoms. The molecule has 0 aromatic heterocycles. The Balaban J connectivity index is 2.46. The number of nitrogens with two attached hydrogens (primary N) is 1. The molecule has 0 saturated heterocycles. The zero-order valence-electron chi connectivity index (χ0n) is 12.2. The van der Waals surface area contributed by atoms with Gasteiger partial charge in [0.15, 0.2) is 0 Å². The number of benzene rings is 1. The van der Waals surface area contributed by atoms with Crippen molar-refractivity contribution in [1.29, 1.82) is 0 Å². The topological polar surface area (TPSA) is 64.3 Å². The summed E-state index contributed by atoms with van der Waals surface area (Å²) in [6, 6.07) is 7.89. The molecule has 1 unspecified atom stereocenters. The second-order valence-electron chi connectivity index (χ2n) is 5.58. The van der Waals surface area contributed by atoms with E-state index in [9.17, 15) is 4.79 Å². The number of carbonyl (C=O) groups excluding carboxylic acids is 1. The van der Waals surface area contributed by atoms with E-state index in [1.165, 1.54) is 5.56 Å². The normalized spacial score (nSPS) is 12.9. The lowest BCUT2D eigenvalue weighted by molar-refractivity contribution is 0.0524. The van der Waals surface area contributed by atoms with Gasteiger partial charge in [0.1, 0.15) is 5.60 Å². The molecular formula is C15H24N2O2. The Morgan fingerprint density at radius 1 is 1.32 bits per heavy atom. The summed E-state index contributed by atoms with van der Waals surface area (Å²) in [4.78, 5) is 11.5. The molecule has 1 aromatic carbocycles. The monoisotopic (exact) mass is 264 g/mol. The third-order valence-electron chi connectivity index (χ3n) is 2.68. The van der Waals surface area contributed by atoms with Crippen molar-refractivity contribution >= 4 is 6.09 Å². The van der Waals surface area contributed by atoms with Crippen LogP contribution in [0.15, 0.2) is 24.3 Å². The van der Waals surface area contributed by atoms with Crippen LogP contribution in [-0.2, 0) is 11.2 Å². The second kappa shape index (κ2) is 6.57. The van der Waals surface area contributed by atoms with E-state index in [4.69, 9.17) is 10.5 Å². The Labute approximate surface area is 115 Å². The Morgan fingerprint density at radius 3 is 2.37 bits per heavy atom. The molecule has 0 aliphatic heterocycles. The number of aryl methyl sites for hydroxylation is 1. The van der Waals surface area contributed by atoms with Crippen molar-refractivity contribution in [3.63, 3.8) is 0 Å². The lowest BCUT2D eigenvalue weighted by Crippen LogP contribution is -2.36. The molecule has 0 saturated carbocycles. The summed E-state index contributed by atoms with van der Waals surface area (Å²) >= 11 is 0. The summed E-state index contributed by atoms with van der Waals surface area (Å²) in [7, 11) is 0. The fourth-order valence-corrected chi connectivity index (χ4v) is 1.63. The molecule has 1 atom stereocenters. The lowest BCUT2D eigenvalue weighted by atomic mass is 10.0. The maximum absolute atomic E-state index is 11.5. The first-order valence-corrected chi connectivity index (χ1v) is 6.63. The van der Waals surface area contributed by atoms with Crippen LogP contribution in [0.3, 0.4) is 0 Å². The van der Waals surface area contributed by atoms with Crippen LogP contribution in [0.4, 0.5) is 4.79 Å². The van der Waals surface area contributed by atoms with Crippen molar-refractivity contribution in [2.45, 2.75) is 45.8 Å². The molecule has 1 aromatic rings. The molecule has 1 amide bonds. The number of hydrogen-bond donors (Lipinski definition) is 2. The highest BCUT2D eigenvalue weighted by Gasteiger charge is 2.16. The average Bonchev–Trinajstić information content (AvgIpc) is 2.34. The molecule has 0 heterocycles. The van der Waals surface area contributed by atoms with Gasteiger partial charge in [-0.25, -0.2) is 4.79 Å². The summed E-state index contributed by atoms with van der Waals surface area (Å²) in [5, 5.41) is 2.68. The van der Waals surface area contributed by atoms with Gasteiger partial charge in [0.2, 0.25) is 0 Å². The van der Waals surface area contributed by atoms with Gasteiger partial charge in [0.05, 0.1) is 0 Å². The quantitative estimate of drug-likeness (QED) is 0.879. The van der Waals surface area contributed by atoms with E-state index in [1.54, 1.807) is 0 Å². The molecule has 1 rings (SSSR count). The molecule has 0 aliphatic rings. The van der Waals surface area contributed by atoms with Crippen LogP contribution in [-0.4, -0.2) is 18.2 Å². The standard InChI is InChI=1S/C15H24N2O2/c1-5-11-6-8-12(9-7-11)13(16)10-17-14(18)19-15(2,3)4/h6-9,13H,5,10,16H2,1-4H3,(H,17,18). The van der Waals surface area contributed by atoms with Gasteiger partial charge in [-0.2, -0.15) is 0 Å². The first-order chi connectivity index (χ1) is 8.81. The van der Waals surface area contributed by atoms with Crippen molar-refractivity contribution in [3.05, 3.63) is 35.4 Å². The van der Waals surface area contributed by atoms with Crippen molar-refractivity contribution < 1.29 is 9.53 Å². The molecule has 106 valence electrons. The zero-order chi connectivity index (χ0) is 14.5. The van der Waals surface area contributed by atoms with E-state index in [0.29, 0.717) is 6.54 Å². The summed E-state index contributed by atoms with van der Waals surface area (Å²) < 4.78 is 5.15. The van der Waals surface area contributed by atoms with Crippen LogP contribution >= 0.6 is 0 Å². The van der Waals surface area contributed by atoms with E-state index >= 15 is 0 Å². The molecule has 0 bridgehead atoms. The molecule has 4 nitrogen and oxygen atoms in total. The van der Waals surface area contributed by atoms with E-state index < -0.39 is 11.7 Å². The fourth-order valence-electron chi connectivity index (χ4n) is 1.63. The van der Waals surface area contributed by atoms with Gasteiger partial charge in [-0.05, 0) is 38.3 Å². The van der Waals surface area contributed by atoms with Crippen LogP contribution in [0, 0.1) is 0 Å². The number of carbonyl (C=O) groups is 1. The first kappa shape index (κ1) is 15.5. The Hall–Kier alpha value is -1.55. The highest BCUT2D eigenvalue weighted by molar-refractivity contribution is 5.67. The number of alkyl carbamates (subject to hydrolysis) is 1. The Kier molecular flexibility index (Phi) is 5.36. The highest BCUT2D eigenvalue weighted by Crippen LogP contribution is 2.12. The van der Waals surface area contributed by atoms with Crippen molar-refractivity contribution in [3.8, 4) is 0 Å². The van der Waals surface area contributed by atoms with Crippen LogP contribution < -0.4 is 11.1 Å². The van der Waals surface area contributed by atoms with Crippen LogP contribution in [0.1, 0.15) is 44.9 Å². The van der Waals surface area contributed by atoms with Crippen molar-refractivity contribution in [2.75, 3.05) is 6.54 Å². The molecule has 0 aliphatic carbocycles. The van der Waals surface area contributed by atoms with E-state index in [2.05, 4.69) is 24.4 Å². The van der Waals surface area contributed by atoms with Gasteiger partial charge < -0.3 is 15.8 Å². The predicted octanol–water partition coefficient (Wildman–Crippen LogP) is 2.77. The van der Waals surface area contributed by atoms with Gasteiger partial charge >= 0.3 is 6.09 Å². The number of nitrogens with one attached hydrogen (secondary N) is 1. The summed E-state index contributed by atoms with van der Waals surface area (Å²) in [6.45, 7) is 7.96. The summed E-state index contributed by atoms with van der Waals surface area (Å²) in [6.07, 6.45) is 0.569. The third kappa shape index (κ3) is 5.75. The minimum Gasteiger partial charge on any atom is -0.444 e. The largest absolute Gasteiger partial charge is 0.444 e. The van der Waals surface area contributed by atoms with E-state index in [0.717, 1.165) is 12.0 Å². The summed E-state index contributed by atoms with van der Waals surface area (Å²) in [5.74, 6) is 0. The van der Waals surface area contributed by atoms with Gasteiger partial charge in [-0.15, -0.1) is 0 Å². The third-order valence-corrected chi connectivity index (χ3v) is 2.68. The maximum atomic E-state index is 11.5. The van der Waals surface area contributed by atoms with Crippen molar-refractivity contribution in [1.82, 2.24) is 5.32 Å². The number of amides is 1. The second-order valence-corrected chi connectivity index (χ2v) is 5.58. The van der Waals surface area contributed by atoms with E-state index in [-0.39, 0.29) is 6.04 Å². The van der Waals surface area contributed by atoms with Crippen LogP contribution in [0.2, 0.25) is 0 Å². The number of ether oxygens (including phenoxy) is 1. The van der Waals surface area contributed by atoms with Gasteiger partial charge in [0, 0.05) is 12.6 Å². The zero-order valence-corrected chi connectivity index (χ0v) is 12.2. The minimum absolute atomic E-state index is 0.224. The first-order valence-electron chi connectivity index (χ1n) is 6.63. The van der Waals surface area contributed by atoms with Crippen LogP contribution in [0.25, 0.3) is 0 Å².